The highest BCUT2D eigenvalue weighted by Crippen LogP contribution is 2.37. The molecule has 1 fully saturated rings. The average molecular weight is 281 g/mol. The second-order valence-corrected chi connectivity index (χ2v) is 5.98. The summed E-state index contributed by atoms with van der Waals surface area (Å²) in [5.41, 5.74) is 6.21. The Bertz CT molecular complexity index is 501. The van der Waals surface area contributed by atoms with E-state index in [9.17, 15) is 0 Å². The van der Waals surface area contributed by atoms with Crippen LogP contribution >= 0.6 is 11.6 Å². The molecule has 0 bridgehead atoms. The standard InChI is InChI=1S/C13H18BClN2O2/c1-12(2)13(3,4)19-14(18-12)7-5-10-11(16)9(15)6-8-17-10/h5-8H,16H2,1-4H3/b7-5+. The molecule has 1 aromatic rings. The first-order chi connectivity index (χ1) is 8.73. The topological polar surface area (TPSA) is 57.4 Å². The summed E-state index contributed by atoms with van der Waals surface area (Å²) in [4.78, 5) is 4.17. The summed E-state index contributed by atoms with van der Waals surface area (Å²) in [6.07, 6.45) is 3.38. The van der Waals surface area contributed by atoms with Crippen LogP contribution in [0.4, 0.5) is 5.69 Å². The van der Waals surface area contributed by atoms with Gasteiger partial charge in [0.2, 0.25) is 0 Å². The minimum absolute atomic E-state index is 0.352. The minimum Gasteiger partial charge on any atom is -0.400 e. The molecule has 0 aliphatic carbocycles. The van der Waals surface area contributed by atoms with Crippen molar-refractivity contribution < 1.29 is 9.31 Å². The van der Waals surface area contributed by atoms with Gasteiger partial charge in [0.15, 0.2) is 0 Å². The molecule has 1 aliphatic heterocycles. The maximum absolute atomic E-state index is 5.94. The minimum atomic E-state index is -0.412. The third kappa shape index (κ3) is 2.78. The molecular weight excluding hydrogens is 262 g/mol. The van der Waals surface area contributed by atoms with Crippen LogP contribution in [0, 0.1) is 0 Å². The Hall–Kier alpha value is -1.04. The molecular formula is C13H18BClN2O2. The summed E-state index contributed by atoms with van der Waals surface area (Å²) < 4.78 is 11.7. The zero-order chi connectivity index (χ0) is 14.3. The van der Waals surface area contributed by atoms with E-state index in [1.807, 2.05) is 27.7 Å². The number of hydrogen-bond acceptors (Lipinski definition) is 4. The van der Waals surface area contributed by atoms with E-state index in [1.165, 1.54) is 0 Å². The molecule has 0 amide bonds. The molecule has 0 unspecified atom stereocenters. The van der Waals surface area contributed by atoms with E-state index < -0.39 is 7.12 Å². The number of anilines is 1. The third-order valence-electron chi connectivity index (χ3n) is 3.65. The summed E-state index contributed by atoms with van der Waals surface area (Å²) in [6, 6.07) is 1.66. The molecule has 0 spiro atoms. The molecule has 0 radical (unpaired) electrons. The summed E-state index contributed by atoms with van der Waals surface area (Å²) in [6.45, 7) is 8.03. The van der Waals surface area contributed by atoms with Crippen LogP contribution in [0.25, 0.3) is 6.08 Å². The summed E-state index contributed by atoms with van der Waals surface area (Å²) in [7, 11) is -0.412. The lowest BCUT2D eigenvalue weighted by molar-refractivity contribution is 0.00578. The Morgan fingerprint density at radius 1 is 1.26 bits per heavy atom. The van der Waals surface area contributed by atoms with Gasteiger partial charge in [-0.3, -0.25) is 4.98 Å². The number of nitrogen functional groups attached to an aromatic ring is 1. The molecule has 6 heteroatoms. The summed E-state index contributed by atoms with van der Waals surface area (Å²) in [5, 5.41) is 0.489. The van der Waals surface area contributed by atoms with E-state index in [2.05, 4.69) is 4.98 Å². The normalized spacial score (nSPS) is 21.2. The first-order valence-corrected chi connectivity index (χ1v) is 6.54. The van der Waals surface area contributed by atoms with E-state index in [0.29, 0.717) is 16.4 Å². The molecule has 2 rings (SSSR count). The van der Waals surface area contributed by atoms with Crippen LogP contribution in [-0.2, 0) is 9.31 Å². The van der Waals surface area contributed by atoms with Crippen molar-refractivity contribution in [3.63, 3.8) is 0 Å². The van der Waals surface area contributed by atoms with Crippen LogP contribution in [0.1, 0.15) is 33.4 Å². The monoisotopic (exact) mass is 280 g/mol. The number of nitrogens with zero attached hydrogens (tertiary/aromatic N) is 1. The number of nitrogens with two attached hydrogens (primary N) is 1. The van der Waals surface area contributed by atoms with Gasteiger partial charge in [0.25, 0.3) is 0 Å². The molecule has 1 aliphatic rings. The number of aromatic nitrogens is 1. The van der Waals surface area contributed by atoms with Crippen molar-refractivity contribution in [1.29, 1.82) is 0 Å². The van der Waals surface area contributed by atoms with Gasteiger partial charge in [0.05, 0.1) is 27.6 Å². The zero-order valence-corrected chi connectivity index (χ0v) is 12.4. The number of halogens is 1. The lowest BCUT2D eigenvalue weighted by atomic mass is 9.89. The van der Waals surface area contributed by atoms with Gasteiger partial charge >= 0.3 is 7.12 Å². The second-order valence-electron chi connectivity index (χ2n) is 5.58. The van der Waals surface area contributed by atoms with Crippen molar-refractivity contribution in [1.82, 2.24) is 4.98 Å². The quantitative estimate of drug-likeness (QED) is 0.846. The van der Waals surface area contributed by atoms with Crippen molar-refractivity contribution in [3.05, 3.63) is 29.0 Å². The van der Waals surface area contributed by atoms with Crippen molar-refractivity contribution in [2.45, 2.75) is 38.9 Å². The van der Waals surface area contributed by atoms with E-state index in [1.54, 1.807) is 24.3 Å². The van der Waals surface area contributed by atoms with Gasteiger partial charge in [-0.2, -0.15) is 0 Å². The molecule has 4 nitrogen and oxygen atoms in total. The number of rotatable bonds is 2. The van der Waals surface area contributed by atoms with Gasteiger partial charge in [-0.05, 0) is 39.8 Å². The van der Waals surface area contributed by atoms with Gasteiger partial charge in [-0.25, -0.2) is 0 Å². The van der Waals surface area contributed by atoms with Crippen molar-refractivity contribution >= 4 is 30.5 Å². The molecule has 0 aromatic carbocycles. The molecule has 19 heavy (non-hydrogen) atoms. The first-order valence-electron chi connectivity index (χ1n) is 6.17. The van der Waals surface area contributed by atoms with Crippen LogP contribution in [0.15, 0.2) is 18.2 Å². The average Bonchev–Trinajstić information content (AvgIpc) is 2.50. The maximum Gasteiger partial charge on any atom is 0.487 e. The summed E-state index contributed by atoms with van der Waals surface area (Å²) >= 11 is 5.94. The SMILES string of the molecule is CC1(C)OB(/C=C/c2nccc(Cl)c2N)OC1(C)C. The van der Waals surface area contributed by atoms with Crippen LogP contribution in [0.2, 0.25) is 5.02 Å². The second kappa shape index (κ2) is 4.82. The molecule has 1 aromatic heterocycles. The molecule has 1 saturated heterocycles. The molecule has 102 valence electrons. The van der Waals surface area contributed by atoms with E-state index in [-0.39, 0.29) is 11.2 Å². The highest BCUT2D eigenvalue weighted by molar-refractivity contribution is 6.52. The van der Waals surface area contributed by atoms with E-state index >= 15 is 0 Å². The Balaban J connectivity index is 2.15. The lowest BCUT2D eigenvalue weighted by Crippen LogP contribution is -2.41. The molecule has 2 heterocycles. The smallest absolute Gasteiger partial charge is 0.400 e. The fourth-order valence-corrected chi connectivity index (χ4v) is 1.89. The largest absolute Gasteiger partial charge is 0.487 e. The fraction of sp³-hybridized carbons (Fsp3) is 0.462. The predicted octanol–water partition coefficient (Wildman–Crippen LogP) is 2.96. The molecule has 0 atom stereocenters. The summed E-state index contributed by atoms with van der Waals surface area (Å²) in [5.74, 6) is 1.80. The lowest BCUT2D eigenvalue weighted by Gasteiger charge is -2.32. The van der Waals surface area contributed by atoms with Crippen LogP contribution in [0.5, 0.6) is 0 Å². The highest BCUT2D eigenvalue weighted by atomic mass is 35.5. The van der Waals surface area contributed by atoms with E-state index in [0.717, 1.165) is 0 Å². The van der Waals surface area contributed by atoms with Crippen molar-refractivity contribution in [2.75, 3.05) is 5.73 Å². The van der Waals surface area contributed by atoms with Gasteiger partial charge < -0.3 is 15.0 Å². The first kappa shape index (κ1) is 14.4. The molecule has 2 N–H and O–H groups in total. The zero-order valence-electron chi connectivity index (χ0n) is 11.6. The van der Waals surface area contributed by atoms with Gasteiger partial charge in [-0.1, -0.05) is 17.6 Å². The Morgan fingerprint density at radius 2 is 1.84 bits per heavy atom. The van der Waals surface area contributed by atoms with Crippen LogP contribution in [-0.4, -0.2) is 23.3 Å². The third-order valence-corrected chi connectivity index (χ3v) is 3.98. The Morgan fingerprint density at radius 3 is 2.42 bits per heavy atom. The van der Waals surface area contributed by atoms with Gasteiger partial charge in [0.1, 0.15) is 0 Å². The van der Waals surface area contributed by atoms with Crippen LogP contribution < -0.4 is 5.73 Å². The Kier molecular flexibility index (Phi) is 3.64. The van der Waals surface area contributed by atoms with E-state index in [4.69, 9.17) is 26.6 Å². The predicted molar refractivity (Wildman–Crippen MR) is 78.8 cm³/mol. The van der Waals surface area contributed by atoms with Crippen molar-refractivity contribution in [3.8, 4) is 0 Å². The number of pyridine rings is 1. The van der Waals surface area contributed by atoms with Gasteiger partial charge in [-0.15, -0.1) is 0 Å². The van der Waals surface area contributed by atoms with Crippen molar-refractivity contribution in [2.24, 2.45) is 0 Å². The fourth-order valence-electron chi connectivity index (χ4n) is 1.73. The van der Waals surface area contributed by atoms with Gasteiger partial charge in [0, 0.05) is 6.20 Å². The number of hydrogen-bond donors (Lipinski definition) is 1. The maximum atomic E-state index is 5.94. The van der Waals surface area contributed by atoms with Crippen LogP contribution in [0.3, 0.4) is 0 Å². The Labute approximate surface area is 119 Å². The molecule has 0 saturated carbocycles. The highest BCUT2D eigenvalue weighted by Gasteiger charge is 2.50.